The van der Waals surface area contributed by atoms with Gasteiger partial charge in [0.2, 0.25) is 0 Å². The molecule has 2 aromatic carbocycles. The number of carbonyl (C=O) groups excluding carboxylic acids is 1. The number of aryl methyl sites for hydroxylation is 2. The molecule has 1 saturated heterocycles. The van der Waals surface area contributed by atoms with Crippen molar-refractivity contribution in [2.45, 2.75) is 13.8 Å². The van der Waals surface area contributed by atoms with E-state index in [-0.39, 0.29) is 11.7 Å². The van der Waals surface area contributed by atoms with Gasteiger partial charge in [0.15, 0.2) is 5.69 Å². The minimum atomic E-state index is -0.246. The fourth-order valence-corrected chi connectivity index (χ4v) is 3.55. The highest BCUT2D eigenvalue weighted by molar-refractivity contribution is 5.92. The van der Waals surface area contributed by atoms with Gasteiger partial charge in [0.05, 0.1) is 11.9 Å². The van der Waals surface area contributed by atoms with Crippen LogP contribution in [0.4, 0.5) is 10.1 Å². The Morgan fingerprint density at radius 3 is 2.21 bits per heavy atom. The first-order chi connectivity index (χ1) is 13.5. The van der Waals surface area contributed by atoms with Gasteiger partial charge in [-0.05, 0) is 61.4 Å². The molecule has 0 saturated carbocycles. The summed E-state index contributed by atoms with van der Waals surface area (Å²) in [7, 11) is 0. The number of halogens is 1. The zero-order valence-corrected chi connectivity index (χ0v) is 16.0. The van der Waals surface area contributed by atoms with Crippen LogP contribution in [0.3, 0.4) is 0 Å². The van der Waals surface area contributed by atoms with Crippen molar-refractivity contribution in [3.63, 3.8) is 0 Å². The van der Waals surface area contributed by atoms with Gasteiger partial charge in [-0.2, -0.15) is 0 Å². The normalized spacial score (nSPS) is 14.4. The van der Waals surface area contributed by atoms with E-state index in [9.17, 15) is 9.18 Å². The smallest absolute Gasteiger partial charge is 0.276 e. The summed E-state index contributed by atoms with van der Waals surface area (Å²) < 4.78 is 14.7. The van der Waals surface area contributed by atoms with Gasteiger partial charge in [-0.15, -0.1) is 5.10 Å². The van der Waals surface area contributed by atoms with Crippen LogP contribution >= 0.6 is 0 Å². The molecule has 0 radical (unpaired) electrons. The third kappa shape index (κ3) is 3.74. The third-order valence-corrected chi connectivity index (χ3v) is 4.94. The molecule has 6 nitrogen and oxygen atoms in total. The lowest BCUT2D eigenvalue weighted by atomic mass is 10.1. The van der Waals surface area contributed by atoms with Gasteiger partial charge in [-0.1, -0.05) is 11.3 Å². The number of carbonyl (C=O) groups is 1. The molecule has 1 aliphatic heterocycles. The molecule has 1 aromatic heterocycles. The van der Waals surface area contributed by atoms with Gasteiger partial charge in [0.1, 0.15) is 5.82 Å². The van der Waals surface area contributed by atoms with Gasteiger partial charge in [0, 0.05) is 31.9 Å². The summed E-state index contributed by atoms with van der Waals surface area (Å²) >= 11 is 0. The van der Waals surface area contributed by atoms with E-state index in [0.717, 1.165) is 22.5 Å². The zero-order chi connectivity index (χ0) is 19.7. The Morgan fingerprint density at radius 1 is 0.929 bits per heavy atom. The van der Waals surface area contributed by atoms with Crippen LogP contribution in [0.1, 0.15) is 21.6 Å². The van der Waals surface area contributed by atoms with Crippen molar-refractivity contribution < 1.29 is 9.18 Å². The van der Waals surface area contributed by atoms with E-state index in [0.29, 0.717) is 31.9 Å². The largest absolute Gasteiger partial charge is 0.368 e. The lowest BCUT2D eigenvalue weighted by Crippen LogP contribution is -2.48. The Balaban J connectivity index is 1.43. The average Bonchev–Trinajstić information content (AvgIpc) is 3.18. The Labute approximate surface area is 163 Å². The Bertz CT molecular complexity index is 970. The molecule has 3 aromatic rings. The van der Waals surface area contributed by atoms with E-state index in [2.05, 4.69) is 21.3 Å². The summed E-state index contributed by atoms with van der Waals surface area (Å²) in [4.78, 5) is 16.7. The molecule has 0 bridgehead atoms. The number of piperazine rings is 1. The van der Waals surface area contributed by atoms with E-state index in [1.807, 2.05) is 26.0 Å². The molecule has 28 heavy (non-hydrogen) atoms. The zero-order valence-electron chi connectivity index (χ0n) is 16.0. The highest BCUT2D eigenvalue weighted by atomic mass is 19.1. The number of benzene rings is 2. The number of amides is 1. The first-order valence-electron chi connectivity index (χ1n) is 9.30. The predicted molar refractivity (Wildman–Crippen MR) is 105 cm³/mol. The second-order valence-electron chi connectivity index (χ2n) is 7.15. The minimum absolute atomic E-state index is 0.116. The molecule has 4 rings (SSSR count). The molecule has 1 amide bonds. The number of hydrogen-bond acceptors (Lipinski definition) is 4. The Hall–Kier alpha value is -3.22. The van der Waals surface area contributed by atoms with Crippen LogP contribution < -0.4 is 4.90 Å². The Kier molecular flexibility index (Phi) is 4.81. The monoisotopic (exact) mass is 379 g/mol. The van der Waals surface area contributed by atoms with Crippen LogP contribution in [0.15, 0.2) is 48.7 Å². The topological polar surface area (TPSA) is 54.3 Å². The van der Waals surface area contributed by atoms with Crippen LogP contribution in [0.2, 0.25) is 0 Å². The van der Waals surface area contributed by atoms with E-state index < -0.39 is 0 Å². The van der Waals surface area contributed by atoms with Crippen LogP contribution in [-0.2, 0) is 0 Å². The van der Waals surface area contributed by atoms with E-state index in [1.165, 1.54) is 12.1 Å². The predicted octanol–water partition coefficient (Wildman–Crippen LogP) is 2.99. The maximum absolute atomic E-state index is 13.1. The van der Waals surface area contributed by atoms with E-state index >= 15 is 0 Å². The summed E-state index contributed by atoms with van der Waals surface area (Å²) in [6.07, 6.45) is 1.68. The van der Waals surface area contributed by atoms with Crippen molar-refractivity contribution in [1.82, 2.24) is 19.9 Å². The summed E-state index contributed by atoms with van der Waals surface area (Å²) in [5, 5.41) is 8.21. The summed E-state index contributed by atoms with van der Waals surface area (Å²) in [6.45, 7) is 6.63. The molecule has 0 N–H and O–H groups in total. The Morgan fingerprint density at radius 2 is 1.57 bits per heavy atom. The highest BCUT2D eigenvalue weighted by Crippen LogP contribution is 2.18. The quantitative estimate of drug-likeness (QED) is 0.702. The lowest BCUT2D eigenvalue weighted by Gasteiger charge is -2.35. The number of nitrogens with zero attached hydrogens (tertiary/aromatic N) is 5. The summed E-state index contributed by atoms with van der Waals surface area (Å²) in [6, 6.07) is 12.6. The average molecular weight is 379 g/mol. The van der Waals surface area contributed by atoms with Crippen LogP contribution in [0.25, 0.3) is 5.69 Å². The SMILES string of the molecule is Cc1cc(C)cc(-n2cc(C(=O)N3CCN(c4ccc(F)cc4)CC3)nn2)c1. The fraction of sp³-hybridized carbons (Fsp3) is 0.286. The molecule has 0 unspecified atom stereocenters. The van der Waals surface area contributed by atoms with Crippen LogP contribution in [-0.4, -0.2) is 52.0 Å². The third-order valence-electron chi connectivity index (χ3n) is 4.94. The number of aromatic nitrogens is 3. The second kappa shape index (κ2) is 7.42. The molecular weight excluding hydrogens is 357 g/mol. The highest BCUT2D eigenvalue weighted by Gasteiger charge is 2.24. The van der Waals surface area contributed by atoms with Crippen LogP contribution in [0, 0.1) is 19.7 Å². The van der Waals surface area contributed by atoms with Crippen molar-refractivity contribution in [2.24, 2.45) is 0 Å². The standard InChI is InChI=1S/C21H22FN5O/c1-15-11-16(2)13-19(12-15)27-14-20(23-24-27)21(28)26-9-7-25(8-10-26)18-5-3-17(22)4-6-18/h3-6,11-14H,7-10H2,1-2H3. The second-order valence-corrected chi connectivity index (χ2v) is 7.15. The van der Waals surface area contributed by atoms with Gasteiger partial charge < -0.3 is 9.80 Å². The molecule has 7 heteroatoms. The van der Waals surface area contributed by atoms with Gasteiger partial charge >= 0.3 is 0 Å². The maximum Gasteiger partial charge on any atom is 0.276 e. The first-order valence-corrected chi connectivity index (χ1v) is 9.30. The van der Waals surface area contributed by atoms with Crippen molar-refractivity contribution in [1.29, 1.82) is 0 Å². The minimum Gasteiger partial charge on any atom is -0.368 e. The van der Waals surface area contributed by atoms with Crippen molar-refractivity contribution in [3.8, 4) is 5.69 Å². The molecular formula is C21H22FN5O. The fourth-order valence-electron chi connectivity index (χ4n) is 3.55. The number of anilines is 1. The van der Waals surface area contributed by atoms with E-state index in [1.54, 1.807) is 27.9 Å². The molecule has 2 heterocycles. The van der Waals surface area contributed by atoms with Crippen molar-refractivity contribution in [2.75, 3.05) is 31.1 Å². The molecule has 1 aliphatic rings. The van der Waals surface area contributed by atoms with E-state index in [4.69, 9.17) is 0 Å². The summed E-state index contributed by atoms with van der Waals surface area (Å²) in [5.74, 6) is -0.362. The van der Waals surface area contributed by atoms with Gasteiger partial charge in [0.25, 0.3) is 5.91 Å². The summed E-state index contributed by atoms with van der Waals surface area (Å²) in [5.41, 5.74) is 4.47. The molecule has 0 aliphatic carbocycles. The molecule has 0 spiro atoms. The van der Waals surface area contributed by atoms with Crippen molar-refractivity contribution in [3.05, 3.63) is 71.3 Å². The number of hydrogen-bond donors (Lipinski definition) is 0. The van der Waals surface area contributed by atoms with Gasteiger partial charge in [-0.25, -0.2) is 9.07 Å². The number of rotatable bonds is 3. The van der Waals surface area contributed by atoms with Gasteiger partial charge in [-0.3, -0.25) is 4.79 Å². The molecule has 1 fully saturated rings. The maximum atomic E-state index is 13.1. The lowest BCUT2D eigenvalue weighted by molar-refractivity contribution is 0.0741. The molecule has 144 valence electrons. The van der Waals surface area contributed by atoms with Crippen LogP contribution in [0.5, 0.6) is 0 Å². The van der Waals surface area contributed by atoms with Crippen molar-refractivity contribution >= 4 is 11.6 Å². The first kappa shape index (κ1) is 18.2. The molecule has 0 atom stereocenters.